The highest BCUT2D eigenvalue weighted by Crippen LogP contribution is 2.21. The molecule has 0 aliphatic heterocycles. The number of hydrogen-bond donors (Lipinski definition) is 2. The van der Waals surface area contributed by atoms with E-state index in [-0.39, 0.29) is 17.6 Å². The van der Waals surface area contributed by atoms with Crippen LogP contribution >= 0.6 is 24.2 Å². The third kappa shape index (κ3) is 7.54. The zero-order valence-corrected chi connectivity index (χ0v) is 15.8. The lowest BCUT2D eigenvalue weighted by Crippen LogP contribution is -2.22. The molecule has 0 unspecified atom stereocenters. The van der Waals surface area contributed by atoms with E-state index in [1.807, 2.05) is 0 Å². The van der Waals surface area contributed by atoms with Crippen LogP contribution in [-0.4, -0.2) is 18.2 Å². The molecule has 3 nitrogen and oxygen atoms in total. The summed E-state index contributed by atoms with van der Waals surface area (Å²) in [5, 5.41) is 2.80. The summed E-state index contributed by atoms with van der Waals surface area (Å²) in [5.41, 5.74) is 1.17. The van der Waals surface area contributed by atoms with Crippen molar-refractivity contribution in [1.82, 2.24) is 5.32 Å². The summed E-state index contributed by atoms with van der Waals surface area (Å²) in [6.07, 6.45) is 9.63. The number of alkyl halides is 1. The van der Waals surface area contributed by atoms with Crippen molar-refractivity contribution in [3.05, 3.63) is 41.5 Å². The van der Waals surface area contributed by atoms with E-state index in [4.69, 9.17) is 11.6 Å². The summed E-state index contributed by atoms with van der Waals surface area (Å²) >= 11 is 10.2. The Morgan fingerprint density at radius 3 is 2.54 bits per heavy atom. The molecule has 0 spiro atoms. The Balaban J connectivity index is 2.39. The first-order valence-electron chi connectivity index (χ1n) is 8.47. The summed E-state index contributed by atoms with van der Waals surface area (Å²) in [7, 11) is 0. The van der Waals surface area contributed by atoms with Crippen LogP contribution in [0.4, 0.5) is 0 Å². The smallest absolute Gasteiger partial charge is 0.244 e. The van der Waals surface area contributed by atoms with E-state index in [1.165, 1.54) is 37.8 Å². The monoisotopic (exact) mass is 367 g/mol. The molecule has 0 saturated heterocycles. The Kier molecular flexibility index (Phi) is 10.5. The molecule has 1 aromatic rings. The second-order valence-corrected chi connectivity index (χ2v) is 6.44. The number of carbonyl (C=O) groups excluding carboxylic acids is 2. The van der Waals surface area contributed by atoms with Crippen molar-refractivity contribution in [3.63, 3.8) is 0 Å². The average Bonchev–Trinajstić information content (AvgIpc) is 2.58. The SMILES string of the molecule is CCCCCCCCNC(=O)C=CC(=O)c1cccc(S)c1CCl. The lowest BCUT2D eigenvalue weighted by atomic mass is 10.0. The molecule has 1 aromatic carbocycles. The van der Waals surface area contributed by atoms with Crippen LogP contribution in [0.15, 0.2) is 35.2 Å². The number of carbonyl (C=O) groups is 2. The second-order valence-electron chi connectivity index (χ2n) is 5.69. The van der Waals surface area contributed by atoms with Gasteiger partial charge in [-0.15, -0.1) is 24.2 Å². The van der Waals surface area contributed by atoms with Gasteiger partial charge in [-0.05, 0) is 24.1 Å². The molecule has 0 atom stereocenters. The first-order valence-corrected chi connectivity index (χ1v) is 9.45. The summed E-state index contributed by atoms with van der Waals surface area (Å²) in [5.74, 6) is -0.277. The van der Waals surface area contributed by atoms with Gasteiger partial charge < -0.3 is 5.32 Å². The van der Waals surface area contributed by atoms with Crippen molar-refractivity contribution in [3.8, 4) is 0 Å². The Hall–Kier alpha value is -1.26. The minimum absolute atomic E-state index is 0.207. The lowest BCUT2D eigenvalue weighted by molar-refractivity contribution is -0.116. The molecule has 0 aromatic heterocycles. The number of halogens is 1. The maximum absolute atomic E-state index is 12.2. The van der Waals surface area contributed by atoms with Gasteiger partial charge in [0.2, 0.25) is 5.91 Å². The van der Waals surface area contributed by atoms with Gasteiger partial charge in [0, 0.05) is 29.0 Å². The van der Waals surface area contributed by atoms with Crippen molar-refractivity contribution in [2.24, 2.45) is 0 Å². The normalized spacial score (nSPS) is 11.0. The van der Waals surface area contributed by atoms with Crippen LogP contribution in [-0.2, 0) is 10.7 Å². The fourth-order valence-electron chi connectivity index (χ4n) is 2.36. The molecule has 0 heterocycles. The number of thiol groups is 1. The van der Waals surface area contributed by atoms with Crippen LogP contribution < -0.4 is 5.32 Å². The zero-order valence-electron chi connectivity index (χ0n) is 14.2. The van der Waals surface area contributed by atoms with Crippen molar-refractivity contribution >= 4 is 35.9 Å². The Labute approximate surface area is 155 Å². The molecule has 5 heteroatoms. The zero-order chi connectivity index (χ0) is 17.8. The predicted molar refractivity (Wildman–Crippen MR) is 103 cm³/mol. The standard InChI is InChI=1S/C19H26ClNO2S/c1-2-3-4-5-6-7-13-21-19(23)12-11-17(22)15-9-8-10-18(24)16(15)14-20/h8-12,24H,2-7,13-14H2,1H3,(H,21,23). The maximum atomic E-state index is 12.2. The topological polar surface area (TPSA) is 46.2 Å². The van der Waals surface area contributed by atoms with Crippen LogP contribution in [0.3, 0.4) is 0 Å². The molecule has 0 bridgehead atoms. The number of amides is 1. The highest BCUT2D eigenvalue weighted by molar-refractivity contribution is 7.80. The second kappa shape index (κ2) is 12.2. The number of rotatable bonds is 11. The number of benzene rings is 1. The first kappa shape index (κ1) is 20.8. The van der Waals surface area contributed by atoms with Crippen molar-refractivity contribution in [1.29, 1.82) is 0 Å². The van der Waals surface area contributed by atoms with Crippen molar-refractivity contribution in [2.45, 2.75) is 56.2 Å². The number of hydrogen-bond acceptors (Lipinski definition) is 3. The van der Waals surface area contributed by atoms with E-state index in [9.17, 15) is 9.59 Å². The highest BCUT2D eigenvalue weighted by atomic mass is 35.5. The molecule has 0 aliphatic rings. The highest BCUT2D eigenvalue weighted by Gasteiger charge is 2.10. The quantitative estimate of drug-likeness (QED) is 0.191. The summed E-state index contributed by atoms with van der Waals surface area (Å²) in [4.78, 5) is 24.6. The Morgan fingerprint density at radius 1 is 1.12 bits per heavy atom. The third-order valence-electron chi connectivity index (χ3n) is 3.77. The molecule has 132 valence electrons. The lowest BCUT2D eigenvalue weighted by Gasteiger charge is -2.06. The number of unbranched alkanes of at least 4 members (excludes halogenated alkanes) is 5. The molecular weight excluding hydrogens is 342 g/mol. The van der Waals surface area contributed by atoms with E-state index >= 15 is 0 Å². The van der Waals surface area contributed by atoms with Gasteiger partial charge in [-0.1, -0.05) is 51.2 Å². The van der Waals surface area contributed by atoms with Crippen molar-refractivity contribution in [2.75, 3.05) is 6.54 Å². The van der Waals surface area contributed by atoms with Crippen LogP contribution in [0.1, 0.15) is 61.4 Å². The molecule has 0 radical (unpaired) electrons. The van der Waals surface area contributed by atoms with Crippen LogP contribution in [0.2, 0.25) is 0 Å². The molecule has 0 saturated carbocycles. The van der Waals surface area contributed by atoms with Gasteiger partial charge in [-0.2, -0.15) is 0 Å². The summed E-state index contributed by atoms with van der Waals surface area (Å²) in [6.45, 7) is 2.83. The Morgan fingerprint density at radius 2 is 1.83 bits per heavy atom. The average molecular weight is 368 g/mol. The molecule has 0 aliphatic carbocycles. The molecule has 1 N–H and O–H groups in total. The van der Waals surface area contributed by atoms with Gasteiger partial charge >= 0.3 is 0 Å². The van der Waals surface area contributed by atoms with E-state index in [0.717, 1.165) is 12.8 Å². The van der Waals surface area contributed by atoms with Gasteiger partial charge in [-0.25, -0.2) is 0 Å². The van der Waals surface area contributed by atoms with E-state index in [2.05, 4.69) is 24.9 Å². The number of ketones is 1. The van der Waals surface area contributed by atoms with E-state index in [1.54, 1.807) is 18.2 Å². The predicted octanol–water partition coefficient (Wildman–Crippen LogP) is 4.93. The fourth-order valence-corrected chi connectivity index (χ4v) is 3.03. The van der Waals surface area contributed by atoms with E-state index in [0.29, 0.717) is 22.6 Å². The van der Waals surface area contributed by atoms with Crippen molar-refractivity contribution < 1.29 is 9.59 Å². The molecule has 1 amide bonds. The number of allylic oxidation sites excluding steroid dienone is 1. The molecular formula is C19H26ClNO2S. The van der Waals surface area contributed by atoms with Gasteiger partial charge in [0.15, 0.2) is 5.78 Å². The summed E-state index contributed by atoms with van der Waals surface area (Å²) in [6, 6.07) is 5.23. The third-order valence-corrected chi connectivity index (χ3v) is 4.45. The van der Waals surface area contributed by atoms with E-state index < -0.39 is 0 Å². The largest absolute Gasteiger partial charge is 0.353 e. The van der Waals surface area contributed by atoms with Crippen LogP contribution in [0.5, 0.6) is 0 Å². The minimum Gasteiger partial charge on any atom is -0.353 e. The number of nitrogens with one attached hydrogen (secondary N) is 1. The molecule has 1 rings (SSSR count). The maximum Gasteiger partial charge on any atom is 0.244 e. The Bertz CT molecular complexity index is 572. The van der Waals surface area contributed by atoms with Gasteiger partial charge in [0.05, 0.1) is 0 Å². The van der Waals surface area contributed by atoms with Gasteiger partial charge in [-0.3, -0.25) is 9.59 Å². The minimum atomic E-state index is -0.244. The molecule has 0 fully saturated rings. The summed E-state index contributed by atoms with van der Waals surface area (Å²) < 4.78 is 0. The van der Waals surface area contributed by atoms with Crippen LogP contribution in [0.25, 0.3) is 0 Å². The van der Waals surface area contributed by atoms with Gasteiger partial charge in [0.1, 0.15) is 0 Å². The van der Waals surface area contributed by atoms with Crippen LogP contribution in [0, 0.1) is 0 Å². The van der Waals surface area contributed by atoms with Gasteiger partial charge in [0.25, 0.3) is 0 Å². The fraction of sp³-hybridized carbons (Fsp3) is 0.474. The first-order chi connectivity index (χ1) is 11.6. The molecule has 24 heavy (non-hydrogen) atoms.